The lowest BCUT2D eigenvalue weighted by molar-refractivity contribution is 0.0205. The van der Waals surface area contributed by atoms with Crippen LogP contribution in [-0.2, 0) is 4.74 Å². The zero-order chi connectivity index (χ0) is 22.4. The molecule has 0 aliphatic carbocycles. The van der Waals surface area contributed by atoms with Gasteiger partial charge in [0, 0.05) is 18.8 Å². The lowest BCUT2D eigenvalue weighted by Crippen LogP contribution is -2.41. The van der Waals surface area contributed by atoms with Gasteiger partial charge < -0.3 is 25.0 Å². The largest absolute Gasteiger partial charge is 0.495 e. The Labute approximate surface area is 183 Å². The first-order valence-electron chi connectivity index (χ1n) is 10.5. The molecule has 0 saturated carbocycles. The Hall–Kier alpha value is -3.22. The van der Waals surface area contributed by atoms with E-state index in [9.17, 15) is 9.59 Å². The molecule has 1 saturated heterocycles. The van der Waals surface area contributed by atoms with E-state index in [4.69, 9.17) is 9.47 Å². The minimum atomic E-state index is -0.477. The fourth-order valence-electron chi connectivity index (χ4n) is 3.59. The number of nitrogens with one attached hydrogen (secondary N) is 2. The van der Waals surface area contributed by atoms with Crippen molar-refractivity contribution in [1.29, 1.82) is 0 Å². The third kappa shape index (κ3) is 6.38. The van der Waals surface area contributed by atoms with Crippen molar-refractivity contribution >= 4 is 23.5 Å². The monoisotopic (exact) mass is 425 g/mol. The van der Waals surface area contributed by atoms with Gasteiger partial charge in [-0.25, -0.2) is 9.59 Å². The van der Waals surface area contributed by atoms with E-state index in [1.165, 1.54) is 5.56 Å². The van der Waals surface area contributed by atoms with Crippen LogP contribution >= 0.6 is 0 Å². The van der Waals surface area contributed by atoms with E-state index in [0.717, 1.165) is 12.8 Å². The summed E-state index contributed by atoms with van der Waals surface area (Å²) in [7, 11) is 1.56. The number of methoxy groups -OCH3 is 1. The average Bonchev–Trinajstić information content (AvgIpc) is 2.73. The molecule has 2 aromatic carbocycles. The summed E-state index contributed by atoms with van der Waals surface area (Å²) >= 11 is 0. The van der Waals surface area contributed by atoms with Gasteiger partial charge in [-0.1, -0.05) is 24.3 Å². The Bertz CT molecular complexity index is 898. The number of para-hydroxylation sites is 2. The molecule has 1 aliphatic rings. The van der Waals surface area contributed by atoms with Crippen molar-refractivity contribution in [1.82, 2.24) is 4.90 Å². The Kier molecular flexibility index (Phi) is 7.05. The number of carbonyl (C=O) groups excluding carboxylic acids is 2. The number of hydrogen-bond acceptors (Lipinski definition) is 4. The summed E-state index contributed by atoms with van der Waals surface area (Å²) in [5, 5.41) is 5.64. The molecule has 0 bridgehead atoms. The summed E-state index contributed by atoms with van der Waals surface area (Å²) in [6.07, 6.45) is 1.53. The lowest BCUT2D eigenvalue weighted by Gasteiger charge is -2.33. The number of benzene rings is 2. The molecule has 0 atom stereocenters. The van der Waals surface area contributed by atoms with E-state index in [1.54, 1.807) is 24.1 Å². The molecule has 2 aromatic rings. The second-order valence-corrected chi connectivity index (χ2v) is 8.64. The predicted octanol–water partition coefficient (Wildman–Crippen LogP) is 5.45. The number of carbonyl (C=O) groups is 2. The van der Waals surface area contributed by atoms with Crippen molar-refractivity contribution in [2.24, 2.45) is 0 Å². The summed E-state index contributed by atoms with van der Waals surface area (Å²) < 4.78 is 10.7. The molecular formula is C24H31N3O4. The number of piperidine rings is 1. The first-order valence-corrected chi connectivity index (χ1v) is 10.5. The third-order valence-electron chi connectivity index (χ3n) is 5.14. The molecule has 0 radical (unpaired) electrons. The van der Waals surface area contributed by atoms with E-state index in [-0.39, 0.29) is 12.1 Å². The van der Waals surface area contributed by atoms with E-state index in [0.29, 0.717) is 36.1 Å². The molecule has 1 heterocycles. The molecule has 31 heavy (non-hydrogen) atoms. The Balaban J connectivity index is 1.51. The number of rotatable bonds is 4. The number of nitrogens with zero attached hydrogens (tertiary/aromatic N) is 1. The van der Waals surface area contributed by atoms with Gasteiger partial charge in [0.25, 0.3) is 0 Å². The van der Waals surface area contributed by atoms with Crippen LogP contribution in [0.4, 0.5) is 21.0 Å². The van der Waals surface area contributed by atoms with Crippen molar-refractivity contribution in [3.8, 4) is 5.75 Å². The van der Waals surface area contributed by atoms with Gasteiger partial charge in [0.1, 0.15) is 11.4 Å². The summed E-state index contributed by atoms with van der Waals surface area (Å²) in [6.45, 7) is 7.00. The van der Waals surface area contributed by atoms with E-state index in [2.05, 4.69) is 10.6 Å². The molecule has 0 spiro atoms. The highest BCUT2D eigenvalue weighted by atomic mass is 16.6. The normalized spacial score (nSPS) is 14.6. The Morgan fingerprint density at radius 1 is 0.968 bits per heavy atom. The van der Waals surface area contributed by atoms with Gasteiger partial charge in [-0.2, -0.15) is 0 Å². The van der Waals surface area contributed by atoms with E-state index >= 15 is 0 Å². The molecule has 0 aromatic heterocycles. The van der Waals surface area contributed by atoms with Gasteiger partial charge in [-0.05, 0) is 69.4 Å². The topological polar surface area (TPSA) is 79.9 Å². The van der Waals surface area contributed by atoms with Crippen molar-refractivity contribution < 1.29 is 19.1 Å². The fraction of sp³-hybridized carbons (Fsp3) is 0.417. The van der Waals surface area contributed by atoms with Gasteiger partial charge in [0.15, 0.2) is 0 Å². The van der Waals surface area contributed by atoms with Gasteiger partial charge >= 0.3 is 12.1 Å². The van der Waals surface area contributed by atoms with Crippen LogP contribution in [0.25, 0.3) is 0 Å². The number of likely N-dealkylation sites (tertiary alicyclic amines) is 1. The van der Waals surface area contributed by atoms with Crippen LogP contribution < -0.4 is 15.4 Å². The number of hydrogen-bond donors (Lipinski definition) is 2. The van der Waals surface area contributed by atoms with Gasteiger partial charge in [-0.15, -0.1) is 0 Å². The fourth-order valence-corrected chi connectivity index (χ4v) is 3.59. The molecule has 3 amide bonds. The molecule has 7 nitrogen and oxygen atoms in total. The molecule has 7 heteroatoms. The van der Waals surface area contributed by atoms with Gasteiger partial charge in [0.2, 0.25) is 0 Å². The van der Waals surface area contributed by atoms with E-state index in [1.807, 2.05) is 57.2 Å². The molecule has 1 aliphatic heterocycles. The Morgan fingerprint density at radius 2 is 1.61 bits per heavy atom. The maximum atomic E-state index is 12.3. The summed E-state index contributed by atoms with van der Waals surface area (Å²) in [5.41, 5.74) is 2.05. The minimum Gasteiger partial charge on any atom is -0.495 e. The van der Waals surface area contributed by atoms with Crippen molar-refractivity contribution in [2.45, 2.75) is 45.1 Å². The van der Waals surface area contributed by atoms with Gasteiger partial charge in [-0.3, -0.25) is 0 Å². The summed E-state index contributed by atoms with van der Waals surface area (Å²) in [5.74, 6) is 0.987. The molecular weight excluding hydrogens is 394 g/mol. The molecule has 3 rings (SSSR count). The average molecular weight is 426 g/mol. The SMILES string of the molecule is COc1ccccc1NC(=O)Nc1ccc(C2CCN(C(=O)OC(C)(C)C)CC2)cc1. The highest BCUT2D eigenvalue weighted by molar-refractivity contribution is 6.00. The molecule has 0 unspecified atom stereocenters. The first-order chi connectivity index (χ1) is 14.7. The zero-order valence-corrected chi connectivity index (χ0v) is 18.6. The second-order valence-electron chi connectivity index (χ2n) is 8.64. The van der Waals surface area contributed by atoms with Crippen LogP contribution in [0.15, 0.2) is 48.5 Å². The van der Waals surface area contributed by atoms with Crippen molar-refractivity contribution in [3.05, 3.63) is 54.1 Å². The molecule has 1 fully saturated rings. The van der Waals surface area contributed by atoms with Crippen LogP contribution in [0.2, 0.25) is 0 Å². The second kappa shape index (κ2) is 9.73. The Morgan fingerprint density at radius 3 is 2.23 bits per heavy atom. The smallest absolute Gasteiger partial charge is 0.410 e. The highest BCUT2D eigenvalue weighted by Gasteiger charge is 2.27. The summed E-state index contributed by atoms with van der Waals surface area (Å²) in [4.78, 5) is 26.3. The van der Waals surface area contributed by atoms with Gasteiger partial charge in [0.05, 0.1) is 12.8 Å². The molecule has 2 N–H and O–H groups in total. The zero-order valence-electron chi connectivity index (χ0n) is 18.6. The standard InChI is InChI=1S/C24H31N3O4/c1-24(2,3)31-23(29)27-15-13-18(14-16-27)17-9-11-19(12-10-17)25-22(28)26-20-7-5-6-8-21(20)30-4/h5-12,18H,13-16H2,1-4H3,(H2,25,26,28). The quantitative estimate of drug-likeness (QED) is 0.682. The number of urea groups is 1. The van der Waals surface area contributed by atoms with E-state index < -0.39 is 5.60 Å². The molecule has 166 valence electrons. The van der Waals surface area contributed by atoms with Crippen LogP contribution in [0.5, 0.6) is 5.75 Å². The van der Waals surface area contributed by atoms with Crippen molar-refractivity contribution in [2.75, 3.05) is 30.8 Å². The lowest BCUT2D eigenvalue weighted by atomic mass is 9.89. The third-order valence-corrected chi connectivity index (χ3v) is 5.14. The van der Waals surface area contributed by atoms with Crippen LogP contribution in [-0.4, -0.2) is 42.8 Å². The maximum absolute atomic E-state index is 12.3. The summed E-state index contributed by atoms with van der Waals surface area (Å²) in [6, 6.07) is 14.8. The minimum absolute atomic E-state index is 0.244. The first kappa shape index (κ1) is 22.5. The van der Waals surface area contributed by atoms with Crippen LogP contribution in [0, 0.1) is 0 Å². The predicted molar refractivity (Wildman–Crippen MR) is 122 cm³/mol. The van der Waals surface area contributed by atoms with Crippen LogP contribution in [0.1, 0.15) is 45.1 Å². The number of ether oxygens (including phenoxy) is 2. The number of amides is 3. The number of anilines is 2. The highest BCUT2D eigenvalue weighted by Crippen LogP contribution is 2.30. The maximum Gasteiger partial charge on any atom is 0.410 e. The van der Waals surface area contributed by atoms with Crippen LogP contribution in [0.3, 0.4) is 0 Å². The van der Waals surface area contributed by atoms with Crippen molar-refractivity contribution in [3.63, 3.8) is 0 Å².